The number of carbonyl (C=O) groups is 6. The molecule has 3 aliphatic carbocycles. The minimum atomic E-state index is -2.49. The molecule has 0 aromatic heterocycles. The van der Waals surface area contributed by atoms with Gasteiger partial charge < -0.3 is 54.5 Å². The largest absolute Gasteiger partial charge is 0.507 e. The molecule has 4 aliphatic rings. The van der Waals surface area contributed by atoms with E-state index in [9.17, 15) is 49.2 Å². The van der Waals surface area contributed by atoms with Gasteiger partial charge in [0.1, 0.15) is 35.6 Å². The predicted octanol–water partition coefficient (Wildman–Crippen LogP) is 4.39. The van der Waals surface area contributed by atoms with E-state index in [0.29, 0.717) is 0 Å². The number of carboxylic acids is 1. The number of methoxy groups -OCH3 is 1. The summed E-state index contributed by atoms with van der Waals surface area (Å²) in [5.74, 6) is -6.63. The molecule has 64 heavy (non-hydrogen) atoms. The standard InChI is InChI=1S/C47H45NO16/c1-22-41(53)30(48-46(58)62-20-29-25-11-5-3-9-23(25)24-10-4-6-12-26(24)29)17-36(63-22)64-32-19-47(59,33(49)21-61-35(52)16-8-15-34(50)51)18-28-38(32)45(57)40-39(43(28)55)42(54)27-13-7-14-31(60-2)37(27)44(40)56/h3-7,9-14,22,29-30,32,36,41,53,55,57,59H,8,15-21H2,1-2H3,(H,48,58)(H,50,51)/t22-,30-,32?,36-,41+,47-/m0/s1. The van der Waals surface area contributed by atoms with Gasteiger partial charge in [0.05, 0.1) is 42.0 Å². The third-order valence-corrected chi connectivity index (χ3v) is 12.4. The number of rotatable bonds is 13. The predicted molar refractivity (Wildman–Crippen MR) is 221 cm³/mol. The number of fused-ring (bicyclic) bond motifs is 6. The number of nitrogens with one attached hydrogen (secondary N) is 1. The number of ether oxygens (including phenoxy) is 5. The second kappa shape index (κ2) is 17.5. The van der Waals surface area contributed by atoms with Crippen LogP contribution in [0.25, 0.3) is 11.1 Å². The van der Waals surface area contributed by atoms with Gasteiger partial charge in [-0.15, -0.1) is 0 Å². The zero-order valence-electron chi connectivity index (χ0n) is 34.7. The molecule has 1 amide bonds. The maximum absolute atomic E-state index is 14.1. The van der Waals surface area contributed by atoms with Crippen molar-refractivity contribution in [3.8, 4) is 28.4 Å². The van der Waals surface area contributed by atoms with Gasteiger partial charge in [0, 0.05) is 54.7 Å². The fourth-order valence-electron chi connectivity index (χ4n) is 9.24. The van der Waals surface area contributed by atoms with Crippen molar-refractivity contribution in [2.75, 3.05) is 20.3 Å². The van der Waals surface area contributed by atoms with Crippen molar-refractivity contribution in [1.29, 1.82) is 0 Å². The van der Waals surface area contributed by atoms with Crippen LogP contribution in [0.5, 0.6) is 17.2 Å². The highest BCUT2D eigenvalue weighted by atomic mass is 16.7. The molecule has 8 rings (SSSR count). The number of aromatic hydroxyl groups is 2. The number of amides is 1. The summed E-state index contributed by atoms with van der Waals surface area (Å²) in [6, 6.07) is 18.8. The summed E-state index contributed by atoms with van der Waals surface area (Å²) in [5.41, 5.74) is -0.438. The van der Waals surface area contributed by atoms with Gasteiger partial charge in [-0.05, 0) is 41.7 Å². The number of hydrogen-bond donors (Lipinski definition) is 6. The Hall–Kier alpha value is -6.66. The molecule has 0 spiro atoms. The molecule has 4 aromatic carbocycles. The minimum Gasteiger partial charge on any atom is -0.507 e. The number of carboxylic acid groups (broad SMARTS) is 1. The second-order valence-corrected chi connectivity index (χ2v) is 16.3. The molecule has 0 bridgehead atoms. The van der Waals surface area contributed by atoms with Gasteiger partial charge in [-0.3, -0.25) is 24.0 Å². The van der Waals surface area contributed by atoms with Crippen LogP contribution in [0.4, 0.5) is 4.79 Å². The first-order valence-corrected chi connectivity index (χ1v) is 20.7. The van der Waals surface area contributed by atoms with Crippen molar-refractivity contribution in [2.24, 2.45) is 0 Å². The highest BCUT2D eigenvalue weighted by molar-refractivity contribution is 6.31. The van der Waals surface area contributed by atoms with Crippen molar-refractivity contribution >= 4 is 35.4 Å². The molecule has 4 aromatic rings. The van der Waals surface area contributed by atoms with Crippen LogP contribution in [0, 0.1) is 0 Å². The quantitative estimate of drug-likeness (QED) is 0.0708. The maximum atomic E-state index is 14.1. The van der Waals surface area contributed by atoms with Gasteiger partial charge in [0.15, 0.2) is 18.7 Å². The molecular formula is C47H45NO16. The Morgan fingerprint density at radius 3 is 2.17 bits per heavy atom. The molecule has 1 aliphatic heterocycles. The molecule has 0 radical (unpaired) electrons. The van der Waals surface area contributed by atoms with E-state index in [2.05, 4.69) is 5.32 Å². The Kier molecular flexibility index (Phi) is 12.0. The van der Waals surface area contributed by atoms with Gasteiger partial charge in [0.2, 0.25) is 11.6 Å². The number of phenolic OH excluding ortho intramolecular Hbond substituents is 2. The summed E-state index contributed by atoms with van der Waals surface area (Å²) in [6.07, 6.45) is -8.37. The number of aliphatic hydroxyl groups is 2. The molecule has 1 unspecified atom stereocenters. The third kappa shape index (κ3) is 7.95. The highest BCUT2D eigenvalue weighted by Gasteiger charge is 2.51. The Bertz CT molecular complexity index is 2540. The lowest BCUT2D eigenvalue weighted by molar-refractivity contribution is -0.249. The number of carbonyl (C=O) groups excluding carboxylic acids is 5. The topological polar surface area (TPSA) is 262 Å². The smallest absolute Gasteiger partial charge is 0.407 e. The number of ketones is 3. The monoisotopic (exact) mass is 879 g/mol. The summed E-state index contributed by atoms with van der Waals surface area (Å²) in [5, 5.41) is 58.6. The number of Topliss-reactive ketones (excluding diaryl/α,β-unsaturated/α-hetero) is 1. The molecule has 1 saturated heterocycles. The van der Waals surface area contributed by atoms with E-state index in [-0.39, 0.29) is 66.2 Å². The van der Waals surface area contributed by atoms with Crippen LogP contribution in [0.15, 0.2) is 66.7 Å². The van der Waals surface area contributed by atoms with Crippen molar-refractivity contribution in [3.05, 3.63) is 111 Å². The molecule has 1 heterocycles. The molecule has 17 heteroatoms. The molecule has 6 atom stereocenters. The summed E-state index contributed by atoms with van der Waals surface area (Å²) in [7, 11) is 1.29. The first-order valence-electron chi connectivity index (χ1n) is 20.7. The number of aliphatic carboxylic acids is 1. The van der Waals surface area contributed by atoms with E-state index >= 15 is 0 Å². The lowest BCUT2D eigenvalue weighted by atomic mass is 9.72. The van der Waals surface area contributed by atoms with Crippen LogP contribution >= 0.6 is 0 Å². The number of esters is 1. The van der Waals surface area contributed by atoms with E-state index in [1.54, 1.807) is 0 Å². The van der Waals surface area contributed by atoms with Gasteiger partial charge >= 0.3 is 18.0 Å². The zero-order chi connectivity index (χ0) is 45.6. The Balaban J connectivity index is 1.06. The van der Waals surface area contributed by atoms with Crippen LogP contribution < -0.4 is 10.1 Å². The number of phenols is 2. The summed E-state index contributed by atoms with van der Waals surface area (Å²) < 4.78 is 28.5. The van der Waals surface area contributed by atoms with Crippen molar-refractivity contribution < 1.29 is 78.0 Å². The molecule has 334 valence electrons. The highest BCUT2D eigenvalue weighted by Crippen LogP contribution is 2.53. The van der Waals surface area contributed by atoms with E-state index in [1.165, 1.54) is 32.2 Å². The molecular weight excluding hydrogens is 835 g/mol. The van der Waals surface area contributed by atoms with Crippen LogP contribution in [-0.4, -0.2) is 111 Å². The average molecular weight is 880 g/mol. The van der Waals surface area contributed by atoms with E-state index < -0.39 is 114 Å². The molecule has 6 N–H and O–H groups in total. The summed E-state index contributed by atoms with van der Waals surface area (Å²) >= 11 is 0. The first kappa shape index (κ1) is 44.0. The zero-order valence-corrected chi connectivity index (χ0v) is 34.7. The number of benzene rings is 4. The number of aliphatic hydroxyl groups excluding tert-OH is 1. The Morgan fingerprint density at radius 2 is 1.50 bits per heavy atom. The van der Waals surface area contributed by atoms with Gasteiger partial charge in [-0.2, -0.15) is 0 Å². The normalized spacial score (nSPS) is 23.2. The van der Waals surface area contributed by atoms with E-state index in [1.807, 2.05) is 48.5 Å². The van der Waals surface area contributed by atoms with E-state index in [0.717, 1.165) is 22.3 Å². The fraction of sp³-hybridized carbons (Fsp3) is 0.362. The molecule has 1 fully saturated rings. The van der Waals surface area contributed by atoms with Crippen LogP contribution in [-0.2, 0) is 39.8 Å². The SMILES string of the molecule is COc1cccc2c1C(=O)c1c(O)c3c(c(O)c1C2=O)C[C@@](O)(C(=O)COC(=O)CCCC(=O)O)CC3O[C@H]1C[C@H](NC(=O)OCC2c3ccccc3-c3ccccc32)[C@H](O)[C@H](C)O1. The minimum absolute atomic E-state index is 0.0115. The first-order chi connectivity index (χ1) is 30.6. The van der Waals surface area contributed by atoms with Gasteiger partial charge in [-0.25, -0.2) is 4.79 Å². The van der Waals surface area contributed by atoms with Crippen molar-refractivity contribution in [3.63, 3.8) is 0 Å². The number of hydrogen-bond acceptors (Lipinski definition) is 15. The Morgan fingerprint density at radius 1 is 0.844 bits per heavy atom. The third-order valence-electron chi connectivity index (χ3n) is 12.4. The van der Waals surface area contributed by atoms with Crippen LogP contribution in [0.1, 0.15) is 105 Å². The average Bonchev–Trinajstić information content (AvgIpc) is 3.59. The summed E-state index contributed by atoms with van der Waals surface area (Å²) in [4.78, 5) is 78.5. The van der Waals surface area contributed by atoms with Crippen LogP contribution in [0.3, 0.4) is 0 Å². The summed E-state index contributed by atoms with van der Waals surface area (Å²) in [6.45, 7) is 0.533. The lowest BCUT2D eigenvalue weighted by Crippen LogP contribution is -2.56. The lowest BCUT2D eigenvalue weighted by Gasteiger charge is -2.42. The van der Waals surface area contributed by atoms with Gasteiger partial charge in [-0.1, -0.05) is 60.7 Å². The molecule has 0 saturated carbocycles. The Labute approximate surface area is 365 Å². The van der Waals surface area contributed by atoms with Crippen molar-refractivity contribution in [2.45, 2.75) is 87.6 Å². The van der Waals surface area contributed by atoms with Crippen molar-refractivity contribution in [1.82, 2.24) is 5.32 Å². The maximum Gasteiger partial charge on any atom is 0.407 e. The van der Waals surface area contributed by atoms with Crippen LogP contribution in [0.2, 0.25) is 0 Å². The number of alkyl carbamates (subject to hydrolysis) is 1. The van der Waals surface area contributed by atoms with E-state index in [4.69, 9.17) is 28.8 Å². The second-order valence-electron chi connectivity index (χ2n) is 16.3. The van der Waals surface area contributed by atoms with Gasteiger partial charge in [0.25, 0.3) is 0 Å². The fourth-order valence-corrected chi connectivity index (χ4v) is 9.24. The molecule has 17 nitrogen and oxygen atoms in total.